The number of phenols is 2. The van der Waals surface area contributed by atoms with Crippen molar-refractivity contribution in [2.75, 3.05) is 0 Å². The molecule has 0 heterocycles. The van der Waals surface area contributed by atoms with Crippen molar-refractivity contribution in [1.82, 2.24) is 0 Å². The highest BCUT2D eigenvalue weighted by atomic mass is 16.3. The fourth-order valence-electron chi connectivity index (χ4n) is 5.29. The van der Waals surface area contributed by atoms with Crippen LogP contribution in [0.3, 0.4) is 0 Å². The summed E-state index contributed by atoms with van der Waals surface area (Å²) < 4.78 is 0. The number of nitrogens with zero attached hydrogens (tertiary/aromatic N) is 2. The van der Waals surface area contributed by atoms with Gasteiger partial charge in [0.25, 0.3) is 0 Å². The third-order valence-corrected chi connectivity index (χ3v) is 8.40. The van der Waals surface area contributed by atoms with Crippen LogP contribution >= 0.6 is 0 Å². The molecule has 0 atom stereocenters. The van der Waals surface area contributed by atoms with Gasteiger partial charge < -0.3 is 10.2 Å². The number of hydrogen-bond acceptors (Lipinski definition) is 4. The van der Waals surface area contributed by atoms with E-state index >= 15 is 0 Å². The van der Waals surface area contributed by atoms with E-state index in [1.54, 1.807) is 12.4 Å². The number of aliphatic imine (C=N–C) groups is 2. The zero-order valence-electron chi connectivity index (χ0n) is 29.9. The lowest BCUT2D eigenvalue weighted by atomic mass is 9.79. The van der Waals surface area contributed by atoms with Gasteiger partial charge in [-0.1, -0.05) is 119 Å². The van der Waals surface area contributed by atoms with Gasteiger partial charge in [0, 0.05) is 34.7 Å². The summed E-state index contributed by atoms with van der Waals surface area (Å²) in [5.41, 5.74) is 8.96. The van der Waals surface area contributed by atoms with Gasteiger partial charge in [-0.2, -0.15) is 0 Å². The predicted molar refractivity (Wildman–Crippen MR) is 197 cm³/mol. The van der Waals surface area contributed by atoms with Gasteiger partial charge in [-0.25, -0.2) is 0 Å². The number of phenolic OH excluding ortho intramolecular Hbond substituents is 2. The first kappa shape index (κ1) is 34.7. The average Bonchev–Trinajstić information content (AvgIpc) is 2.94. The topological polar surface area (TPSA) is 65.2 Å². The molecule has 2 N–H and O–H groups in total. The second kappa shape index (κ2) is 12.5. The van der Waals surface area contributed by atoms with Gasteiger partial charge in [0.2, 0.25) is 0 Å². The molecule has 0 spiro atoms. The van der Waals surface area contributed by atoms with E-state index in [-0.39, 0.29) is 33.2 Å². The van der Waals surface area contributed by atoms with E-state index in [9.17, 15) is 10.2 Å². The molecule has 4 aromatic rings. The molecular formula is C42H52N2O2. The largest absolute Gasteiger partial charge is 0.507 e. The maximum Gasteiger partial charge on any atom is 0.128 e. The van der Waals surface area contributed by atoms with Gasteiger partial charge in [-0.15, -0.1) is 0 Å². The first-order valence-electron chi connectivity index (χ1n) is 16.2. The molecule has 0 aromatic heterocycles. The van der Waals surface area contributed by atoms with Crippen LogP contribution in [-0.4, -0.2) is 22.6 Å². The summed E-state index contributed by atoms with van der Waals surface area (Å²) in [5.74, 6) is 0.575. The molecule has 0 fully saturated rings. The minimum atomic E-state index is -0.189. The van der Waals surface area contributed by atoms with Crippen molar-refractivity contribution in [3.63, 3.8) is 0 Å². The fraction of sp³-hybridized carbons (Fsp3) is 0.381. The summed E-state index contributed by atoms with van der Waals surface area (Å²) in [5, 5.41) is 22.2. The van der Waals surface area contributed by atoms with Crippen molar-refractivity contribution in [2.45, 2.75) is 105 Å². The maximum absolute atomic E-state index is 11.1. The van der Waals surface area contributed by atoms with Gasteiger partial charge in [0.1, 0.15) is 11.5 Å². The Hall–Kier alpha value is -4.18. The number of benzene rings is 4. The lowest BCUT2D eigenvalue weighted by molar-refractivity contribution is 0.443. The first-order chi connectivity index (χ1) is 21.1. The van der Waals surface area contributed by atoms with Crippen molar-refractivity contribution in [3.8, 4) is 22.6 Å². The van der Waals surface area contributed by atoms with Gasteiger partial charge >= 0.3 is 0 Å². The predicted octanol–water partition coefficient (Wildman–Crippen LogP) is 11.5. The monoisotopic (exact) mass is 616 g/mol. The van der Waals surface area contributed by atoms with Gasteiger partial charge in [-0.05, 0) is 80.3 Å². The van der Waals surface area contributed by atoms with E-state index in [1.165, 1.54) is 11.1 Å². The Morgan fingerprint density at radius 1 is 0.435 bits per heavy atom. The SMILES string of the molecule is CC(C)(C)c1cc(C=Nc2ccc(-c3ccc(N=Cc4cc(C(C)(C)C)cc(C(C)(C)C)c4O)cc3)cc2)c(O)c(C(C)(C)C)c1. The summed E-state index contributed by atoms with van der Waals surface area (Å²) >= 11 is 0. The molecule has 4 heteroatoms. The van der Waals surface area contributed by atoms with E-state index in [0.29, 0.717) is 0 Å². The second-order valence-corrected chi connectivity index (χ2v) is 16.5. The molecule has 0 aliphatic rings. The van der Waals surface area contributed by atoms with E-state index in [2.05, 4.69) is 119 Å². The molecule has 0 aliphatic carbocycles. The Morgan fingerprint density at radius 2 is 0.739 bits per heavy atom. The Labute approximate surface area is 277 Å². The van der Waals surface area contributed by atoms with Crippen molar-refractivity contribution in [3.05, 3.63) is 106 Å². The summed E-state index contributed by atoms with van der Waals surface area (Å²) in [6.07, 6.45) is 3.53. The Balaban J connectivity index is 1.55. The highest BCUT2D eigenvalue weighted by Gasteiger charge is 2.26. The van der Waals surface area contributed by atoms with Crippen LogP contribution in [0.2, 0.25) is 0 Å². The quantitative estimate of drug-likeness (QED) is 0.219. The Bertz CT molecular complexity index is 1620. The smallest absolute Gasteiger partial charge is 0.128 e. The van der Waals surface area contributed by atoms with Crippen LogP contribution in [0.5, 0.6) is 11.5 Å². The molecule has 0 aliphatic heterocycles. The van der Waals surface area contributed by atoms with E-state index < -0.39 is 0 Å². The van der Waals surface area contributed by atoms with E-state index in [0.717, 1.165) is 44.8 Å². The molecule has 4 nitrogen and oxygen atoms in total. The molecule has 0 radical (unpaired) electrons. The standard InChI is InChI=1S/C42H52N2O2/c1-39(2,3)31-21-29(37(45)35(23-31)41(7,8)9)25-43-33-17-13-27(14-18-33)28-15-19-34(20-16-28)44-26-30-22-32(40(4,5)6)24-36(38(30)46)42(10,11)12/h13-26,45-46H,1-12H3. The minimum absolute atomic E-state index is 0.0479. The molecule has 46 heavy (non-hydrogen) atoms. The molecule has 4 aromatic carbocycles. The van der Waals surface area contributed by atoms with Crippen LogP contribution in [0, 0.1) is 0 Å². The van der Waals surface area contributed by atoms with Crippen LogP contribution < -0.4 is 0 Å². The minimum Gasteiger partial charge on any atom is -0.507 e. The third kappa shape index (κ3) is 8.15. The summed E-state index contributed by atoms with van der Waals surface area (Å²) in [7, 11) is 0. The van der Waals surface area contributed by atoms with Gasteiger partial charge in [-0.3, -0.25) is 9.98 Å². The summed E-state index contributed by atoms with van der Waals surface area (Å²) in [6, 6.07) is 24.5. The first-order valence-corrected chi connectivity index (χ1v) is 16.2. The highest BCUT2D eigenvalue weighted by molar-refractivity contribution is 5.88. The van der Waals surface area contributed by atoms with E-state index in [4.69, 9.17) is 9.98 Å². The van der Waals surface area contributed by atoms with Crippen molar-refractivity contribution >= 4 is 23.8 Å². The molecule has 0 bridgehead atoms. The van der Waals surface area contributed by atoms with Crippen LogP contribution in [-0.2, 0) is 21.7 Å². The van der Waals surface area contributed by atoms with Crippen LogP contribution in [0.15, 0.2) is 82.8 Å². The summed E-state index contributed by atoms with van der Waals surface area (Å²) in [6.45, 7) is 25.8. The van der Waals surface area contributed by atoms with Gasteiger partial charge in [0.15, 0.2) is 0 Å². The lowest BCUT2D eigenvalue weighted by Crippen LogP contribution is -2.17. The van der Waals surface area contributed by atoms with Crippen LogP contribution in [0.25, 0.3) is 11.1 Å². The second-order valence-electron chi connectivity index (χ2n) is 16.5. The molecule has 4 rings (SSSR count). The molecular weight excluding hydrogens is 564 g/mol. The highest BCUT2D eigenvalue weighted by Crippen LogP contribution is 2.39. The zero-order chi connectivity index (χ0) is 34.2. The number of rotatable bonds is 5. The van der Waals surface area contributed by atoms with Crippen LogP contribution in [0.4, 0.5) is 11.4 Å². The number of aromatic hydroxyl groups is 2. The lowest BCUT2D eigenvalue weighted by Gasteiger charge is -2.27. The van der Waals surface area contributed by atoms with E-state index in [1.807, 2.05) is 36.4 Å². The summed E-state index contributed by atoms with van der Waals surface area (Å²) in [4.78, 5) is 9.42. The Kier molecular flexibility index (Phi) is 9.46. The third-order valence-electron chi connectivity index (χ3n) is 8.40. The molecule has 0 saturated carbocycles. The maximum atomic E-state index is 11.1. The zero-order valence-corrected chi connectivity index (χ0v) is 29.9. The number of hydrogen-bond donors (Lipinski definition) is 2. The van der Waals surface area contributed by atoms with Crippen molar-refractivity contribution in [2.24, 2.45) is 9.98 Å². The Morgan fingerprint density at radius 3 is 1.00 bits per heavy atom. The fourth-order valence-corrected chi connectivity index (χ4v) is 5.29. The molecule has 0 saturated heterocycles. The average molecular weight is 617 g/mol. The van der Waals surface area contributed by atoms with Crippen LogP contribution in [0.1, 0.15) is 116 Å². The van der Waals surface area contributed by atoms with Crippen molar-refractivity contribution < 1.29 is 10.2 Å². The normalized spacial score (nSPS) is 13.2. The van der Waals surface area contributed by atoms with Gasteiger partial charge in [0.05, 0.1) is 11.4 Å². The molecule has 0 unspecified atom stereocenters. The molecule has 0 amide bonds. The van der Waals surface area contributed by atoms with Crippen molar-refractivity contribution in [1.29, 1.82) is 0 Å². The molecule has 242 valence electrons.